The van der Waals surface area contributed by atoms with Crippen LogP contribution in [-0.2, 0) is 18.3 Å². The van der Waals surface area contributed by atoms with Crippen molar-refractivity contribution >= 4 is 11.8 Å². The molecule has 2 N–H and O–H groups in total. The highest BCUT2D eigenvalue weighted by atomic mass is 19.1. The van der Waals surface area contributed by atoms with Crippen LogP contribution < -0.4 is 10.6 Å². The van der Waals surface area contributed by atoms with Crippen molar-refractivity contribution in [3.8, 4) is 0 Å². The molecule has 0 aliphatic rings. The van der Waals surface area contributed by atoms with Crippen LogP contribution in [0.3, 0.4) is 0 Å². The summed E-state index contributed by atoms with van der Waals surface area (Å²) in [6, 6.07) is 9.31. The van der Waals surface area contributed by atoms with Crippen molar-refractivity contribution in [1.82, 2.24) is 15.2 Å². The van der Waals surface area contributed by atoms with E-state index < -0.39 is 0 Å². The summed E-state index contributed by atoms with van der Waals surface area (Å²) in [6.07, 6.45) is 1.98. The second kappa shape index (κ2) is 7.40. The highest BCUT2D eigenvalue weighted by Crippen LogP contribution is 2.03. The minimum absolute atomic E-state index is 0.167. The average molecular weight is 303 g/mol. The van der Waals surface area contributed by atoms with Crippen LogP contribution >= 0.6 is 0 Å². The number of hydrogen-bond donors (Lipinski definition) is 2. The molecule has 0 spiro atoms. The molecule has 0 aliphatic heterocycles. The number of amides is 2. The zero-order valence-electron chi connectivity index (χ0n) is 12.3. The van der Waals surface area contributed by atoms with Crippen molar-refractivity contribution in [3.63, 3.8) is 0 Å². The van der Waals surface area contributed by atoms with Crippen molar-refractivity contribution in [2.75, 3.05) is 13.1 Å². The van der Waals surface area contributed by atoms with E-state index in [9.17, 15) is 14.0 Å². The summed E-state index contributed by atoms with van der Waals surface area (Å²) >= 11 is 0. The molecule has 5 nitrogen and oxygen atoms in total. The predicted octanol–water partition coefficient (Wildman–Crippen LogP) is 1.25. The Hall–Kier alpha value is -2.63. The standard InChI is InChI=1S/C16H18FN3O2/c1-20-10-2-3-14(20)16(22)19-9-8-18-15(21)11-12-4-6-13(17)7-5-12/h2-7,10H,8-9,11H2,1H3,(H,18,21)(H,19,22). The molecule has 22 heavy (non-hydrogen) atoms. The highest BCUT2D eigenvalue weighted by molar-refractivity contribution is 5.92. The van der Waals surface area contributed by atoms with E-state index >= 15 is 0 Å². The molecule has 116 valence electrons. The normalized spacial score (nSPS) is 10.3. The first-order valence-electron chi connectivity index (χ1n) is 6.97. The molecule has 2 amide bonds. The topological polar surface area (TPSA) is 63.1 Å². The zero-order valence-corrected chi connectivity index (χ0v) is 12.3. The molecule has 6 heteroatoms. The van der Waals surface area contributed by atoms with E-state index in [2.05, 4.69) is 10.6 Å². The smallest absolute Gasteiger partial charge is 0.267 e. The number of benzene rings is 1. The van der Waals surface area contributed by atoms with Gasteiger partial charge in [0.2, 0.25) is 5.91 Å². The van der Waals surface area contributed by atoms with E-state index in [-0.39, 0.29) is 24.1 Å². The van der Waals surface area contributed by atoms with Gasteiger partial charge in [0.05, 0.1) is 6.42 Å². The molecule has 1 aromatic carbocycles. The van der Waals surface area contributed by atoms with Gasteiger partial charge in [-0.25, -0.2) is 4.39 Å². The minimum atomic E-state index is -0.326. The van der Waals surface area contributed by atoms with Crippen LogP contribution in [0.15, 0.2) is 42.6 Å². The number of aromatic nitrogens is 1. The van der Waals surface area contributed by atoms with Crippen LogP contribution in [0.25, 0.3) is 0 Å². The molecule has 0 aliphatic carbocycles. The van der Waals surface area contributed by atoms with E-state index in [0.29, 0.717) is 18.8 Å². The van der Waals surface area contributed by atoms with Gasteiger partial charge in [0.15, 0.2) is 0 Å². The van der Waals surface area contributed by atoms with Crippen LogP contribution in [0.5, 0.6) is 0 Å². The molecule has 2 rings (SSSR count). The molecule has 0 atom stereocenters. The van der Waals surface area contributed by atoms with E-state index in [4.69, 9.17) is 0 Å². The maximum atomic E-state index is 12.8. The lowest BCUT2D eigenvalue weighted by molar-refractivity contribution is -0.120. The van der Waals surface area contributed by atoms with Gasteiger partial charge in [-0.3, -0.25) is 9.59 Å². The Labute approximate surface area is 128 Å². The lowest BCUT2D eigenvalue weighted by atomic mass is 10.1. The first kappa shape index (κ1) is 15.8. The van der Waals surface area contributed by atoms with Crippen molar-refractivity contribution in [1.29, 1.82) is 0 Å². The summed E-state index contributed by atoms with van der Waals surface area (Å²) in [5, 5.41) is 5.44. The maximum Gasteiger partial charge on any atom is 0.267 e. The van der Waals surface area contributed by atoms with Crippen LogP contribution in [-0.4, -0.2) is 29.5 Å². The Balaban J connectivity index is 1.68. The number of halogens is 1. The zero-order chi connectivity index (χ0) is 15.9. The minimum Gasteiger partial charge on any atom is -0.354 e. The summed E-state index contributed by atoms with van der Waals surface area (Å²) < 4.78 is 14.5. The largest absolute Gasteiger partial charge is 0.354 e. The Kier molecular flexibility index (Phi) is 5.30. The monoisotopic (exact) mass is 303 g/mol. The van der Waals surface area contributed by atoms with Crippen molar-refractivity contribution < 1.29 is 14.0 Å². The Morgan fingerprint density at radius 1 is 1.09 bits per heavy atom. The second-order valence-corrected chi connectivity index (χ2v) is 4.91. The van der Waals surface area contributed by atoms with E-state index in [1.165, 1.54) is 12.1 Å². The molecule has 1 aromatic heterocycles. The third-order valence-corrected chi connectivity index (χ3v) is 3.19. The van der Waals surface area contributed by atoms with Crippen LogP contribution in [0.4, 0.5) is 4.39 Å². The Bertz CT molecular complexity index is 650. The summed E-state index contributed by atoms with van der Waals surface area (Å²) in [6.45, 7) is 0.690. The molecule has 0 radical (unpaired) electrons. The fourth-order valence-electron chi connectivity index (χ4n) is 2.02. The summed E-state index contributed by atoms with van der Waals surface area (Å²) in [7, 11) is 1.79. The van der Waals surface area contributed by atoms with Gasteiger partial charge in [0.1, 0.15) is 11.5 Å². The summed E-state index contributed by atoms with van der Waals surface area (Å²) in [4.78, 5) is 23.5. The van der Waals surface area contributed by atoms with Gasteiger partial charge in [-0.1, -0.05) is 12.1 Å². The fourth-order valence-corrected chi connectivity index (χ4v) is 2.02. The fraction of sp³-hybridized carbons (Fsp3) is 0.250. The molecular formula is C16H18FN3O2. The Morgan fingerprint density at radius 2 is 1.77 bits per heavy atom. The maximum absolute atomic E-state index is 12.8. The quantitative estimate of drug-likeness (QED) is 0.789. The average Bonchev–Trinajstić information content (AvgIpc) is 2.92. The van der Waals surface area contributed by atoms with Crippen LogP contribution in [0.1, 0.15) is 16.1 Å². The second-order valence-electron chi connectivity index (χ2n) is 4.91. The molecule has 1 heterocycles. The van der Waals surface area contributed by atoms with Gasteiger partial charge in [0.25, 0.3) is 5.91 Å². The van der Waals surface area contributed by atoms with Crippen molar-refractivity contribution in [2.45, 2.75) is 6.42 Å². The molecule has 0 saturated carbocycles. The van der Waals surface area contributed by atoms with Gasteiger partial charge < -0.3 is 15.2 Å². The first-order valence-corrected chi connectivity index (χ1v) is 6.97. The van der Waals surface area contributed by atoms with E-state index in [1.807, 2.05) is 0 Å². The van der Waals surface area contributed by atoms with E-state index in [0.717, 1.165) is 5.56 Å². The Morgan fingerprint density at radius 3 is 2.41 bits per heavy atom. The SMILES string of the molecule is Cn1cccc1C(=O)NCCNC(=O)Cc1ccc(F)cc1. The third kappa shape index (κ3) is 4.44. The first-order chi connectivity index (χ1) is 10.6. The number of carbonyl (C=O) groups excluding carboxylic acids is 2. The third-order valence-electron chi connectivity index (χ3n) is 3.19. The van der Waals surface area contributed by atoms with Crippen LogP contribution in [0.2, 0.25) is 0 Å². The lowest BCUT2D eigenvalue weighted by Gasteiger charge is -2.08. The molecule has 0 bridgehead atoms. The lowest BCUT2D eigenvalue weighted by Crippen LogP contribution is -2.35. The number of aryl methyl sites for hydroxylation is 1. The van der Waals surface area contributed by atoms with Crippen molar-refractivity contribution in [2.24, 2.45) is 7.05 Å². The molecule has 2 aromatic rings. The molecule has 0 saturated heterocycles. The summed E-state index contributed by atoms with van der Waals surface area (Å²) in [5.74, 6) is -0.674. The van der Waals surface area contributed by atoms with Gasteiger partial charge >= 0.3 is 0 Å². The van der Waals surface area contributed by atoms with Gasteiger partial charge in [-0.2, -0.15) is 0 Å². The number of nitrogens with zero attached hydrogens (tertiary/aromatic N) is 1. The number of rotatable bonds is 6. The molecule has 0 unspecified atom stereocenters. The number of nitrogens with one attached hydrogen (secondary N) is 2. The number of hydrogen-bond acceptors (Lipinski definition) is 2. The number of carbonyl (C=O) groups is 2. The van der Waals surface area contributed by atoms with Gasteiger partial charge in [-0.15, -0.1) is 0 Å². The van der Waals surface area contributed by atoms with Crippen molar-refractivity contribution in [3.05, 3.63) is 59.7 Å². The van der Waals surface area contributed by atoms with Gasteiger partial charge in [0, 0.05) is 26.3 Å². The highest BCUT2D eigenvalue weighted by Gasteiger charge is 2.08. The predicted molar refractivity (Wildman–Crippen MR) is 80.9 cm³/mol. The van der Waals surface area contributed by atoms with Gasteiger partial charge in [-0.05, 0) is 29.8 Å². The molecular weight excluding hydrogens is 285 g/mol. The molecule has 0 fully saturated rings. The van der Waals surface area contributed by atoms with E-state index in [1.54, 1.807) is 42.1 Å². The summed E-state index contributed by atoms with van der Waals surface area (Å²) in [5.41, 5.74) is 1.31. The van der Waals surface area contributed by atoms with Crippen LogP contribution in [0, 0.1) is 5.82 Å².